The fourth-order valence-corrected chi connectivity index (χ4v) is 5.57. The van der Waals surface area contributed by atoms with Crippen molar-refractivity contribution < 1.29 is 13.5 Å². The molecule has 1 saturated heterocycles. The molecular weight excluding hydrogens is 332 g/mol. The van der Waals surface area contributed by atoms with Gasteiger partial charge in [0.25, 0.3) is 10.0 Å². The molecule has 1 aromatic heterocycles. The number of aliphatic hydroxyl groups excluding tert-OH is 1. The highest BCUT2D eigenvalue weighted by Gasteiger charge is 2.30. The molecule has 132 valence electrons. The molecule has 0 amide bonds. The van der Waals surface area contributed by atoms with Crippen LogP contribution in [0.15, 0.2) is 16.3 Å². The van der Waals surface area contributed by atoms with Crippen molar-refractivity contribution in [1.82, 2.24) is 9.21 Å². The van der Waals surface area contributed by atoms with E-state index in [9.17, 15) is 8.42 Å². The lowest BCUT2D eigenvalue weighted by Crippen LogP contribution is -2.48. The lowest BCUT2D eigenvalue weighted by molar-refractivity contribution is 0.180. The Morgan fingerprint density at radius 1 is 1.13 bits per heavy atom. The van der Waals surface area contributed by atoms with Gasteiger partial charge in [-0.25, -0.2) is 8.42 Å². The van der Waals surface area contributed by atoms with Crippen LogP contribution in [0.4, 0.5) is 0 Å². The van der Waals surface area contributed by atoms with Crippen LogP contribution in [0.3, 0.4) is 0 Å². The molecule has 0 radical (unpaired) electrons. The molecule has 0 aliphatic carbocycles. The maximum absolute atomic E-state index is 12.8. The van der Waals surface area contributed by atoms with E-state index < -0.39 is 10.0 Å². The Bertz CT molecular complexity index is 597. The van der Waals surface area contributed by atoms with Crippen molar-refractivity contribution in [3.8, 4) is 0 Å². The van der Waals surface area contributed by atoms with Gasteiger partial charge in [0.15, 0.2) is 0 Å². The average molecular weight is 361 g/mol. The molecule has 1 fully saturated rings. The van der Waals surface area contributed by atoms with Gasteiger partial charge in [-0.3, -0.25) is 0 Å². The molecule has 0 atom stereocenters. The lowest BCUT2D eigenvalue weighted by Gasteiger charge is -2.33. The van der Waals surface area contributed by atoms with Crippen LogP contribution in [-0.4, -0.2) is 62.1 Å². The fraction of sp³-hybridized carbons (Fsp3) is 0.750. The second-order valence-corrected chi connectivity index (χ2v) is 10.3. The van der Waals surface area contributed by atoms with Crippen molar-refractivity contribution in [3.63, 3.8) is 0 Å². The number of rotatable bonds is 6. The van der Waals surface area contributed by atoms with E-state index >= 15 is 0 Å². The van der Waals surface area contributed by atoms with Crippen LogP contribution in [-0.2, 0) is 15.4 Å². The fourth-order valence-electron chi connectivity index (χ4n) is 2.63. The number of nitrogens with zero attached hydrogens (tertiary/aromatic N) is 2. The zero-order chi connectivity index (χ0) is 17.1. The Hall–Kier alpha value is -0.470. The molecule has 5 nitrogen and oxygen atoms in total. The zero-order valence-electron chi connectivity index (χ0n) is 14.3. The number of hydrogen-bond donors (Lipinski definition) is 1. The van der Waals surface area contributed by atoms with Crippen molar-refractivity contribution in [2.24, 2.45) is 0 Å². The van der Waals surface area contributed by atoms with Crippen LogP contribution in [0, 0.1) is 0 Å². The first-order chi connectivity index (χ1) is 10.7. The molecule has 2 rings (SSSR count). The van der Waals surface area contributed by atoms with E-state index in [1.807, 2.05) is 6.07 Å². The molecule has 0 aromatic carbocycles. The van der Waals surface area contributed by atoms with Gasteiger partial charge >= 0.3 is 0 Å². The molecule has 0 unspecified atom stereocenters. The molecule has 0 spiro atoms. The Labute approximate surface area is 144 Å². The quantitative estimate of drug-likeness (QED) is 0.790. The first-order valence-electron chi connectivity index (χ1n) is 8.19. The normalized spacial score (nSPS) is 18.4. The lowest BCUT2D eigenvalue weighted by atomic mass is 9.95. The van der Waals surface area contributed by atoms with Crippen LogP contribution in [0.25, 0.3) is 0 Å². The Morgan fingerprint density at radius 2 is 1.78 bits per heavy atom. The van der Waals surface area contributed by atoms with Gasteiger partial charge < -0.3 is 10.0 Å². The van der Waals surface area contributed by atoms with E-state index in [0.717, 1.165) is 37.4 Å². The summed E-state index contributed by atoms with van der Waals surface area (Å²) in [5.74, 6) is 0. The molecule has 1 N–H and O–H groups in total. The summed E-state index contributed by atoms with van der Waals surface area (Å²) >= 11 is 1.39. The Morgan fingerprint density at radius 3 is 2.30 bits per heavy atom. The van der Waals surface area contributed by atoms with Crippen LogP contribution < -0.4 is 0 Å². The maximum Gasteiger partial charge on any atom is 0.252 e. The van der Waals surface area contributed by atoms with E-state index in [-0.39, 0.29) is 12.0 Å². The monoisotopic (exact) mass is 360 g/mol. The van der Waals surface area contributed by atoms with E-state index in [4.69, 9.17) is 5.11 Å². The minimum Gasteiger partial charge on any atom is -0.396 e. The Kier molecular flexibility index (Phi) is 6.24. The third-order valence-electron chi connectivity index (χ3n) is 4.13. The third kappa shape index (κ3) is 4.76. The summed E-state index contributed by atoms with van der Waals surface area (Å²) in [7, 11) is -3.36. The molecule has 2 heterocycles. The third-order valence-corrected chi connectivity index (χ3v) is 8.01. The van der Waals surface area contributed by atoms with Gasteiger partial charge in [-0.1, -0.05) is 20.8 Å². The minimum absolute atomic E-state index is 0.0240. The smallest absolute Gasteiger partial charge is 0.252 e. The number of unbranched alkanes of at least 4 members (excludes halogenated alkanes) is 1. The summed E-state index contributed by atoms with van der Waals surface area (Å²) in [6.07, 6.45) is 1.77. The van der Waals surface area contributed by atoms with Crippen molar-refractivity contribution in [2.75, 3.05) is 39.3 Å². The summed E-state index contributed by atoms with van der Waals surface area (Å²) in [6, 6.07) is 3.68. The number of sulfonamides is 1. The average Bonchev–Trinajstić information content (AvgIpc) is 2.99. The highest BCUT2D eigenvalue weighted by atomic mass is 32.2. The van der Waals surface area contributed by atoms with E-state index in [1.165, 1.54) is 11.3 Å². The minimum atomic E-state index is -3.36. The molecule has 0 bridgehead atoms. The summed E-state index contributed by atoms with van der Waals surface area (Å²) in [6.45, 7) is 10.1. The number of thiophene rings is 1. The molecule has 0 saturated carbocycles. The second kappa shape index (κ2) is 7.61. The highest BCUT2D eigenvalue weighted by molar-refractivity contribution is 7.91. The topological polar surface area (TPSA) is 60.9 Å². The largest absolute Gasteiger partial charge is 0.396 e. The molecular formula is C16H28N2O3S2. The summed E-state index contributed by atoms with van der Waals surface area (Å²) < 4.78 is 27.6. The molecule has 1 aromatic rings. The Balaban J connectivity index is 1.98. The standard InChI is InChI=1S/C16H28N2O3S2/c1-16(2,3)14-6-7-15(22-14)23(20,21)18-11-9-17(10-12-18)8-4-5-13-19/h6-7,19H,4-5,8-13H2,1-3H3. The SMILES string of the molecule is CC(C)(C)c1ccc(S(=O)(=O)N2CCN(CCCCO)CC2)s1. The first-order valence-corrected chi connectivity index (χ1v) is 10.4. The molecule has 1 aliphatic heterocycles. The van der Waals surface area contributed by atoms with Crippen molar-refractivity contribution >= 4 is 21.4 Å². The van der Waals surface area contributed by atoms with Gasteiger partial charge in [-0.05, 0) is 36.9 Å². The van der Waals surface area contributed by atoms with Crippen LogP contribution in [0.2, 0.25) is 0 Å². The molecule has 7 heteroatoms. The number of piperazine rings is 1. The summed E-state index contributed by atoms with van der Waals surface area (Å²) in [5.41, 5.74) is -0.0240. The van der Waals surface area contributed by atoms with Gasteiger partial charge in [0, 0.05) is 37.7 Å². The predicted octanol–water partition coefficient (Wildman–Crippen LogP) is 2.12. The van der Waals surface area contributed by atoms with Gasteiger partial charge in [-0.2, -0.15) is 4.31 Å². The van der Waals surface area contributed by atoms with Crippen molar-refractivity contribution in [3.05, 3.63) is 17.0 Å². The highest BCUT2D eigenvalue weighted by Crippen LogP contribution is 2.33. The van der Waals surface area contributed by atoms with Gasteiger partial charge in [0.2, 0.25) is 0 Å². The van der Waals surface area contributed by atoms with Crippen LogP contribution in [0.5, 0.6) is 0 Å². The first kappa shape index (κ1) is 18.9. The maximum atomic E-state index is 12.8. The molecule has 23 heavy (non-hydrogen) atoms. The van der Waals surface area contributed by atoms with Crippen molar-refractivity contribution in [1.29, 1.82) is 0 Å². The van der Waals surface area contributed by atoms with E-state index in [2.05, 4.69) is 25.7 Å². The van der Waals surface area contributed by atoms with Crippen LogP contribution >= 0.6 is 11.3 Å². The zero-order valence-corrected chi connectivity index (χ0v) is 15.9. The molecule has 1 aliphatic rings. The van der Waals surface area contributed by atoms with Crippen molar-refractivity contribution in [2.45, 2.75) is 43.2 Å². The van der Waals surface area contributed by atoms with E-state index in [1.54, 1.807) is 10.4 Å². The number of hydrogen-bond acceptors (Lipinski definition) is 5. The number of aliphatic hydroxyl groups is 1. The van der Waals surface area contributed by atoms with Gasteiger partial charge in [0.1, 0.15) is 4.21 Å². The van der Waals surface area contributed by atoms with E-state index in [0.29, 0.717) is 17.3 Å². The van der Waals surface area contributed by atoms with Gasteiger partial charge in [-0.15, -0.1) is 11.3 Å². The summed E-state index contributed by atoms with van der Waals surface area (Å²) in [5, 5.41) is 8.82. The van der Waals surface area contributed by atoms with Gasteiger partial charge in [0.05, 0.1) is 0 Å². The second-order valence-electron chi connectivity index (χ2n) is 7.05. The predicted molar refractivity (Wildman–Crippen MR) is 94.5 cm³/mol. The summed E-state index contributed by atoms with van der Waals surface area (Å²) in [4.78, 5) is 3.37. The van der Waals surface area contributed by atoms with Crippen LogP contribution in [0.1, 0.15) is 38.5 Å².